The van der Waals surface area contributed by atoms with E-state index in [-0.39, 0.29) is 5.91 Å². The maximum atomic E-state index is 13.8. The number of hydrogen-bond donors (Lipinski definition) is 0. The maximum Gasteiger partial charge on any atom is 0.254 e. The Morgan fingerprint density at radius 3 is 2.18 bits per heavy atom. The highest BCUT2D eigenvalue weighted by molar-refractivity contribution is 6.30. The first-order valence-corrected chi connectivity index (χ1v) is 12.9. The van der Waals surface area contributed by atoms with Crippen LogP contribution >= 0.6 is 11.6 Å². The molecule has 196 valence electrons. The summed E-state index contributed by atoms with van der Waals surface area (Å²) in [7, 11) is 1.62. The van der Waals surface area contributed by atoms with E-state index in [2.05, 4.69) is 0 Å². The first-order chi connectivity index (χ1) is 19.0. The number of aromatic nitrogens is 2. The van der Waals surface area contributed by atoms with Crippen LogP contribution in [-0.4, -0.2) is 27.7 Å². The molecule has 1 amide bonds. The monoisotopic (exact) mass is 537 g/mol. The number of carbonyl (C=O) groups excluding carboxylic acids is 1. The molecule has 1 heterocycles. The second-order valence-electron chi connectivity index (χ2n) is 9.05. The largest absolute Gasteiger partial charge is 0.497 e. The molecule has 0 atom stereocenters. The molecular weight excluding hydrogens is 510 g/mol. The molecule has 0 radical (unpaired) electrons. The van der Waals surface area contributed by atoms with Gasteiger partial charge in [-0.2, -0.15) is 5.10 Å². The van der Waals surface area contributed by atoms with E-state index in [1.54, 1.807) is 11.8 Å². The van der Waals surface area contributed by atoms with Crippen LogP contribution < -0.4 is 9.47 Å². The van der Waals surface area contributed by atoms with Gasteiger partial charge in [-0.25, -0.2) is 4.68 Å². The van der Waals surface area contributed by atoms with Crippen molar-refractivity contribution >= 4 is 17.5 Å². The van der Waals surface area contributed by atoms with Crippen molar-refractivity contribution in [1.82, 2.24) is 14.7 Å². The minimum Gasteiger partial charge on any atom is -0.497 e. The molecule has 0 bridgehead atoms. The van der Waals surface area contributed by atoms with Crippen LogP contribution in [-0.2, 0) is 13.1 Å². The number of carbonyl (C=O) groups is 1. The number of aryl methyl sites for hydroxylation is 1. The van der Waals surface area contributed by atoms with E-state index >= 15 is 0 Å². The quantitative estimate of drug-likeness (QED) is 0.195. The molecule has 4 aromatic carbocycles. The van der Waals surface area contributed by atoms with Crippen LogP contribution in [0.15, 0.2) is 109 Å². The Hall–Kier alpha value is -4.55. The molecule has 0 N–H and O–H groups in total. The van der Waals surface area contributed by atoms with Gasteiger partial charge in [-0.15, -0.1) is 0 Å². The minimum absolute atomic E-state index is 0.0789. The average Bonchev–Trinajstić information content (AvgIpc) is 3.28. The van der Waals surface area contributed by atoms with Crippen molar-refractivity contribution in [3.05, 3.63) is 137 Å². The Morgan fingerprint density at radius 2 is 1.51 bits per heavy atom. The van der Waals surface area contributed by atoms with Crippen LogP contribution in [0.25, 0.3) is 5.69 Å². The van der Waals surface area contributed by atoms with E-state index < -0.39 is 0 Å². The molecule has 0 unspecified atom stereocenters. The van der Waals surface area contributed by atoms with Crippen LogP contribution in [0.4, 0.5) is 0 Å². The summed E-state index contributed by atoms with van der Waals surface area (Å²) in [4.78, 5) is 15.6. The van der Waals surface area contributed by atoms with Crippen molar-refractivity contribution in [2.45, 2.75) is 20.0 Å². The summed E-state index contributed by atoms with van der Waals surface area (Å²) < 4.78 is 13.5. The summed E-state index contributed by atoms with van der Waals surface area (Å²) in [5, 5.41) is 5.40. The zero-order valence-electron chi connectivity index (χ0n) is 21.8. The Labute approximate surface area is 233 Å². The molecule has 39 heavy (non-hydrogen) atoms. The number of halogens is 1. The Balaban J connectivity index is 1.58. The van der Waals surface area contributed by atoms with Crippen LogP contribution in [0.1, 0.15) is 27.2 Å². The van der Waals surface area contributed by atoms with Crippen LogP contribution in [0.5, 0.6) is 17.4 Å². The van der Waals surface area contributed by atoms with E-state index in [0.29, 0.717) is 35.3 Å². The highest BCUT2D eigenvalue weighted by Gasteiger charge is 2.25. The topological polar surface area (TPSA) is 56.6 Å². The highest BCUT2D eigenvalue weighted by Crippen LogP contribution is 2.33. The number of hydrogen-bond acceptors (Lipinski definition) is 4. The van der Waals surface area contributed by atoms with Crippen LogP contribution in [0.3, 0.4) is 0 Å². The molecule has 5 aromatic rings. The van der Waals surface area contributed by atoms with Crippen LogP contribution in [0, 0.1) is 6.92 Å². The standard InChI is InChI=1S/C32H28ClN3O3/c1-23-30(22-35(21-24-10-5-3-6-11-24)31(37)25-12-7-4-8-13-25)32(39-29-18-16-28(38-2)17-19-29)36(34-23)27-15-9-14-26(33)20-27/h3-20H,21-22H2,1-2H3. The summed E-state index contributed by atoms with van der Waals surface area (Å²) in [6, 6.07) is 34.0. The van der Waals surface area contributed by atoms with Gasteiger partial charge in [0.25, 0.3) is 5.91 Å². The van der Waals surface area contributed by atoms with E-state index in [9.17, 15) is 4.79 Å². The summed E-state index contributed by atoms with van der Waals surface area (Å²) in [5.41, 5.74) is 3.94. The summed E-state index contributed by atoms with van der Waals surface area (Å²) in [6.45, 7) is 2.64. The van der Waals surface area contributed by atoms with Crippen molar-refractivity contribution in [3.63, 3.8) is 0 Å². The van der Waals surface area contributed by atoms with Gasteiger partial charge in [-0.05, 0) is 67.1 Å². The number of nitrogens with zero attached hydrogens (tertiary/aromatic N) is 3. The van der Waals surface area contributed by atoms with Gasteiger partial charge in [0.2, 0.25) is 5.88 Å². The first kappa shape index (κ1) is 26.1. The van der Waals surface area contributed by atoms with Crippen molar-refractivity contribution in [2.24, 2.45) is 0 Å². The van der Waals surface area contributed by atoms with Gasteiger partial charge in [0.1, 0.15) is 11.5 Å². The van der Waals surface area contributed by atoms with Gasteiger partial charge < -0.3 is 14.4 Å². The molecule has 0 fully saturated rings. The molecule has 5 rings (SSSR count). The molecule has 6 nitrogen and oxygen atoms in total. The number of benzene rings is 4. The van der Waals surface area contributed by atoms with Crippen molar-refractivity contribution in [3.8, 4) is 23.1 Å². The Bertz CT molecular complexity index is 1550. The third kappa shape index (κ3) is 6.13. The van der Waals surface area contributed by atoms with Crippen molar-refractivity contribution in [1.29, 1.82) is 0 Å². The molecule has 0 spiro atoms. The number of amides is 1. The highest BCUT2D eigenvalue weighted by atomic mass is 35.5. The third-order valence-corrected chi connectivity index (χ3v) is 6.57. The molecule has 0 aliphatic carbocycles. The average molecular weight is 538 g/mol. The van der Waals surface area contributed by atoms with E-state index in [1.165, 1.54) is 0 Å². The number of rotatable bonds is 9. The lowest BCUT2D eigenvalue weighted by Crippen LogP contribution is -2.30. The predicted molar refractivity (Wildman–Crippen MR) is 153 cm³/mol. The summed E-state index contributed by atoms with van der Waals surface area (Å²) in [5.74, 6) is 1.78. The smallest absolute Gasteiger partial charge is 0.254 e. The zero-order chi connectivity index (χ0) is 27.2. The molecule has 1 aromatic heterocycles. The molecule has 0 aliphatic rings. The summed E-state index contributed by atoms with van der Waals surface area (Å²) >= 11 is 6.32. The van der Waals surface area contributed by atoms with Crippen molar-refractivity contribution in [2.75, 3.05) is 7.11 Å². The summed E-state index contributed by atoms with van der Waals surface area (Å²) in [6.07, 6.45) is 0. The fourth-order valence-electron chi connectivity index (χ4n) is 4.32. The SMILES string of the molecule is COc1ccc(Oc2c(CN(Cc3ccccc3)C(=O)c3ccccc3)c(C)nn2-c2cccc(Cl)c2)cc1. The van der Waals surface area contributed by atoms with Gasteiger partial charge in [0.05, 0.1) is 30.6 Å². The fourth-order valence-corrected chi connectivity index (χ4v) is 4.51. The second-order valence-corrected chi connectivity index (χ2v) is 9.49. The van der Waals surface area contributed by atoms with Gasteiger partial charge in [-0.3, -0.25) is 4.79 Å². The normalized spacial score (nSPS) is 10.7. The second kappa shape index (κ2) is 11.9. The molecule has 0 saturated carbocycles. The predicted octanol–water partition coefficient (Wildman–Crippen LogP) is 7.48. The van der Waals surface area contributed by atoms with Crippen LogP contribution in [0.2, 0.25) is 5.02 Å². The van der Waals surface area contributed by atoms with E-state index in [4.69, 9.17) is 26.2 Å². The van der Waals surface area contributed by atoms with Crippen molar-refractivity contribution < 1.29 is 14.3 Å². The zero-order valence-corrected chi connectivity index (χ0v) is 22.5. The van der Waals surface area contributed by atoms with Gasteiger partial charge in [0.15, 0.2) is 0 Å². The minimum atomic E-state index is -0.0789. The number of methoxy groups -OCH3 is 1. The number of ether oxygens (including phenoxy) is 2. The molecular formula is C32H28ClN3O3. The lowest BCUT2D eigenvalue weighted by Gasteiger charge is -2.24. The Kier molecular flexibility index (Phi) is 7.94. The molecule has 0 saturated heterocycles. The molecule has 7 heteroatoms. The van der Waals surface area contributed by atoms with Gasteiger partial charge >= 0.3 is 0 Å². The van der Waals surface area contributed by atoms with Gasteiger partial charge in [-0.1, -0.05) is 66.2 Å². The van der Waals surface area contributed by atoms with E-state index in [0.717, 1.165) is 28.3 Å². The van der Waals surface area contributed by atoms with Gasteiger partial charge in [0, 0.05) is 17.1 Å². The fraction of sp³-hybridized carbons (Fsp3) is 0.125. The third-order valence-electron chi connectivity index (χ3n) is 6.34. The lowest BCUT2D eigenvalue weighted by atomic mass is 10.1. The first-order valence-electron chi connectivity index (χ1n) is 12.6. The maximum absolute atomic E-state index is 13.8. The van der Waals surface area contributed by atoms with E-state index in [1.807, 2.05) is 121 Å². The molecule has 0 aliphatic heterocycles. The lowest BCUT2D eigenvalue weighted by molar-refractivity contribution is 0.0729. The Morgan fingerprint density at radius 1 is 0.846 bits per heavy atom.